The molecule has 0 amide bonds. The summed E-state index contributed by atoms with van der Waals surface area (Å²) in [6.45, 7) is 3.15. The summed E-state index contributed by atoms with van der Waals surface area (Å²) in [6.07, 6.45) is 0. The molecule has 0 aliphatic rings. The molecule has 0 saturated carbocycles. The normalized spacial score (nSPS) is 9.86. The average Bonchev–Trinajstić information content (AvgIpc) is 2.51. The van der Waals surface area contributed by atoms with Crippen molar-refractivity contribution in [3.8, 4) is 0 Å². The van der Waals surface area contributed by atoms with Gasteiger partial charge in [-0.05, 0) is 30.8 Å². The Kier molecular flexibility index (Phi) is 3.76. The van der Waals surface area contributed by atoms with Crippen LogP contribution in [0.3, 0.4) is 0 Å². The Morgan fingerprint density at radius 1 is 1.50 bits per heavy atom. The predicted molar refractivity (Wildman–Crippen MR) is 52.0 cm³/mol. The van der Waals surface area contributed by atoms with Crippen LogP contribution in [0.4, 0.5) is 0 Å². The van der Waals surface area contributed by atoms with Gasteiger partial charge >= 0.3 is 5.97 Å². The number of hydrogen-bond acceptors (Lipinski definition) is 5. The van der Waals surface area contributed by atoms with E-state index in [-0.39, 0.29) is 16.8 Å². The summed E-state index contributed by atoms with van der Waals surface area (Å²) in [4.78, 5) is 21.7. The highest BCUT2D eigenvalue weighted by Crippen LogP contribution is 2.09. The van der Waals surface area contributed by atoms with Crippen LogP contribution in [0.2, 0.25) is 0 Å². The number of thioether (sulfide) groups is 1. The minimum atomic E-state index is -0.549. The zero-order valence-corrected chi connectivity index (χ0v) is 8.72. The van der Waals surface area contributed by atoms with Crippen LogP contribution in [0, 0.1) is 6.92 Å². The fraction of sp³-hybridized carbons (Fsp3) is 0.333. The van der Waals surface area contributed by atoms with Gasteiger partial charge in [-0.1, -0.05) is 0 Å². The van der Waals surface area contributed by atoms with Gasteiger partial charge in [0.15, 0.2) is 5.12 Å². The maximum Gasteiger partial charge on any atom is 0.375 e. The topological polar surface area (TPSA) is 56.5 Å². The van der Waals surface area contributed by atoms with E-state index in [4.69, 9.17) is 9.15 Å². The Balaban J connectivity index is 2.39. The van der Waals surface area contributed by atoms with Crippen LogP contribution in [-0.4, -0.2) is 17.0 Å². The molecule has 1 aromatic rings. The molecule has 1 heterocycles. The molecule has 0 saturated heterocycles. The van der Waals surface area contributed by atoms with Gasteiger partial charge in [-0.3, -0.25) is 4.79 Å². The van der Waals surface area contributed by atoms with Gasteiger partial charge in [0.1, 0.15) is 11.7 Å². The lowest BCUT2D eigenvalue weighted by Crippen LogP contribution is -2.04. The molecule has 0 fully saturated rings. The van der Waals surface area contributed by atoms with Crippen LogP contribution >= 0.6 is 11.8 Å². The molecule has 5 heteroatoms. The van der Waals surface area contributed by atoms with Crippen LogP contribution in [0.25, 0.3) is 0 Å². The Morgan fingerprint density at radius 2 is 2.21 bits per heavy atom. The molecule has 0 atom stereocenters. The smallest absolute Gasteiger partial charge is 0.375 e. The summed E-state index contributed by atoms with van der Waals surface area (Å²) in [7, 11) is 0. The molecular formula is C9H10O4S. The predicted octanol–water partition coefficient (Wildman–Crippen LogP) is 1.98. The number of ether oxygens (including phenoxy) is 1. The van der Waals surface area contributed by atoms with Gasteiger partial charge in [0.2, 0.25) is 5.76 Å². The van der Waals surface area contributed by atoms with Gasteiger partial charge in [-0.15, -0.1) is 0 Å². The molecule has 4 nitrogen and oxygen atoms in total. The maximum absolute atomic E-state index is 11.2. The van der Waals surface area contributed by atoms with E-state index in [1.165, 1.54) is 13.0 Å². The second kappa shape index (κ2) is 4.85. The summed E-state index contributed by atoms with van der Waals surface area (Å²) in [5, 5.41) is -0.0894. The van der Waals surface area contributed by atoms with E-state index in [2.05, 4.69) is 0 Å². The third-order valence-corrected chi connectivity index (χ3v) is 2.04. The summed E-state index contributed by atoms with van der Waals surface area (Å²) < 4.78 is 9.80. The molecule has 1 rings (SSSR count). The van der Waals surface area contributed by atoms with E-state index in [1.807, 2.05) is 0 Å². The molecule has 0 unspecified atom stereocenters. The number of carbonyl (C=O) groups is 2. The van der Waals surface area contributed by atoms with Crippen LogP contribution in [0.15, 0.2) is 16.5 Å². The van der Waals surface area contributed by atoms with Crippen molar-refractivity contribution in [2.45, 2.75) is 13.8 Å². The highest BCUT2D eigenvalue weighted by atomic mass is 32.2. The Hall–Kier alpha value is -1.23. The first-order chi connectivity index (χ1) is 6.59. The van der Waals surface area contributed by atoms with Crippen molar-refractivity contribution in [1.29, 1.82) is 0 Å². The summed E-state index contributed by atoms with van der Waals surface area (Å²) in [5.74, 6) is 0.281. The molecule has 76 valence electrons. The third-order valence-electron chi connectivity index (χ3n) is 1.39. The Morgan fingerprint density at radius 3 is 2.71 bits per heavy atom. The fourth-order valence-corrected chi connectivity index (χ4v) is 1.11. The lowest BCUT2D eigenvalue weighted by Gasteiger charge is -1.99. The molecule has 0 aliphatic heterocycles. The Bertz CT molecular complexity index is 342. The van der Waals surface area contributed by atoms with Crippen molar-refractivity contribution in [2.75, 3.05) is 5.94 Å². The average molecular weight is 214 g/mol. The van der Waals surface area contributed by atoms with Crippen LogP contribution in [-0.2, 0) is 9.53 Å². The van der Waals surface area contributed by atoms with E-state index in [0.717, 1.165) is 11.8 Å². The summed E-state index contributed by atoms with van der Waals surface area (Å²) in [5.41, 5.74) is 0. The van der Waals surface area contributed by atoms with Gasteiger partial charge in [0.25, 0.3) is 0 Å². The maximum atomic E-state index is 11.2. The van der Waals surface area contributed by atoms with Gasteiger partial charge in [0, 0.05) is 6.92 Å². The first kappa shape index (κ1) is 10.8. The van der Waals surface area contributed by atoms with Crippen LogP contribution < -0.4 is 0 Å². The molecule has 0 aliphatic carbocycles. The first-order valence-corrected chi connectivity index (χ1v) is 4.95. The molecule has 0 aromatic carbocycles. The van der Waals surface area contributed by atoms with Gasteiger partial charge in [-0.25, -0.2) is 4.79 Å². The molecule has 1 aromatic heterocycles. The van der Waals surface area contributed by atoms with Crippen molar-refractivity contribution in [3.05, 3.63) is 23.7 Å². The standard InChI is InChI=1S/C9H10O4S/c1-6-3-4-8(13-6)9(11)12-5-14-7(2)10/h3-4H,5H2,1-2H3. The summed E-state index contributed by atoms with van der Waals surface area (Å²) >= 11 is 0.937. The summed E-state index contributed by atoms with van der Waals surface area (Å²) in [6, 6.07) is 3.21. The molecule has 0 N–H and O–H groups in total. The highest BCUT2D eigenvalue weighted by molar-refractivity contribution is 8.13. The minimum absolute atomic E-state index is 0.0217. The Labute approximate surface area is 85.6 Å². The third kappa shape index (κ3) is 3.26. The lowest BCUT2D eigenvalue weighted by molar-refractivity contribution is -0.109. The van der Waals surface area contributed by atoms with Gasteiger partial charge < -0.3 is 9.15 Å². The molecule has 14 heavy (non-hydrogen) atoms. The van der Waals surface area contributed by atoms with E-state index in [9.17, 15) is 9.59 Å². The molecule has 0 spiro atoms. The van der Waals surface area contributed by atoms with Crippen molar-refractivity contribution in [3.63, 3.8) is 0 Å². The van der Waals surface area contributed by atoms with E-state index < -0.39 is 5.97 Å². The van der Waals surface area contributed by atoms with Crippen molar-refractivity contribution in [1.82, 2.24) is 0 Å². The molecule has 0 bridgehead atoms. The van der Waals surface area contributed by atoms with Crippen LogP contribution in [0.5, 0.6) is 0 Å². The first-order valence-electron chi connectivity index (χ1n) is 3.96. The number of esters is 1. The minimum Gasteiger partial charge on any atom is -0.454 e. The monoisotopic (exact) mass is 214 g/mol. The van der Waals surface area contributed by atoms with E-state index >= 15 is 0 Å². The number of furan rings is 1. The van der Waals surface area contributed by atoms with Crippen molar-refractivity contribution >= 4 is 22.8 Å². The lowest BCUT2D eigenvalue weighted by atomic mass is 10.4. The molecular weight excluding hydrogens is 204 g/mol. The number of hydrogen-bond donors (Lipinski definition) is 0. The zero-order valence-electron chi connectivity index (χ0n) is 7.90. The molecule has 0 radical (unpaired) electrons. The largest absolute Gasteiger partial charge is 0.454 e. The highest BCUT2D eigenvalue weighted by Gasteiger charge is 2.11. The van der Waals surface area contributed by atoms with E-state index in [0.29, 0.717) is 5.76 Å². The zero-order chi connectivity index (χ0) is 10.6. The number of carbonyl (C=O) groups excluding carboxylic acids is 2. The fourth-order valence-electron chi connectivity index (χ4n) is 0.781. The number of rotatable bonds is 3. The van der Waals surface area contributed by atoms with Gasteiger partial charge in [-0.2, -0.15) is 0 Å². The SMILES string of the molecule is CC(=O)SCOC(=O)c1ccc(C)o1. The van der Waals surface area contributed by atoms with Crippen molar-refractivity contribution in [2.24, 2.45) is 0 Å². The van der Waals surface area contributed by atoms with Gasteiger partial charge in [0.05, 0.1) is 0 Å². The quantitative estimate of drug-likeness (QED) is 0.568. The van der Waals surface area contributed by atoms with E-state index in [1.54, 1.807) is 13.0 Å². The second-order valence-corrected chi connectivity index (χ2v) is 3.70. The number of aryl methyl sites for hydroxylation is 1. The van der Waals surface area contributed by atoms with Crippen LogP contribution in [0.1, 0.15) is 23.2 Å². The second-order valence-electron chi connectivity index (χ2n) is 2.60. The van der Waals surface area contributed by atoms with Crippen molar-refractivity contribution < 1.29 is 18.7 Å².